The summed E-state index contributed by atoms with van der Waals surface area (Å²) < 4.78 is 0. The molecule has 1 heterocycles. The number of carbonyl (C=O) groups excluding carboxylic acids is 1. The van der Waals surface area contributed by atoms with Gasteiger partial charge in [-0.1, -0.05) is 26.0 Å². The fraction of sp³-hybridized carbons (Fsp3) is 0.231. The van der Waals surface area contributed by atoms with E-state index in [-0.39, 0.29) is 5.91 Å². The highest BCUT2D eigenvalue weighted by Gasteiger charge is 2.07. The molecule has 2 rings (SSSR count). The summed E-state index contributed by atoms with van der Waals surface area (Å²) in [4.78, 5) is 16.3. The molecular weight excluding hydrogens is 232 g/mol. The third-order valence-corrected chi connectivity index (χ3v) is 3.26. The van der Waals surface area contributed by atoms with Crippen molar-refractivity contribution >= 4 is 22.9 Å². The number of carbonyl (C=O) groups is 1. The first-order chi connectivity index (χ1) is 8.16. The van der Waals surface area contributed by atoms with Crippen molar-refractivity contribution in [3.63, 3.8) is 0 Å². The molecule has 0 saturated carbocycles. The number of aromatic nitrogens is 1. The van der Waals surface area contributed by atoms with Gasteiger partial charge in [-0.3, -0.25) is 9.78 Å². The van der Waals surface area contributed by atoms with Crippen LogP contribution in [0.4, 0.5) is 5.69 Å². The molecule has 4 heteroatoms. The minimum atomic E-state index is -0.107. The highest BCUT2D eigenvalue weighted by molar-refractivity contribution is 7.11. The molecule has 0 fully saturated rings. The van der Waals surface area contributed by atoms with Crippen molar-refractivity contribution in [2.24, 2.45) is 0 Å². The Morgan fingerprint density at radius 2 is 2.00 bits per heavy atom. The van der Waals surface area contributed by atoms with E-state index in [9.17, 15) is 4.79 Å². The van der Waals surface area contributed by atoms with Crippen LogP contribution in [0.25, 0.3) is 0 Å². The maximum atomic E-state index is 11.8. The topological polar surface area (TPSA) is 42.0 Å². The number of nitrogens with zero attached hydrogens (tertiary/aromatic N) is 1. The summed E-state index contributed by atoms with van der Waals surface area (Å²) in [5.41, 5.74) is 3.73. The fourth-order valence-corrected chi connectivity index (χ4v) is 1.99. The van der Waals surface area contributed by atoms with Crippen molar-refractivity contribution < 1.29 is 4.79 Å². The number of amides is 1. The molecule has 0 unspecified atom stereocenters. The zero-order valence-electron chi connectivity index (χ0n) is 9.81. The van der Waals surface area contributed by atoms with Gasteiger partial charge in [0.1, 0.15) is 4.88 Å². The highest BCUT2D eigenvalue weighted by atomic mass is 32.1. The Balaban J connectivity index is 2.07. The Bertz CT molecular complexity index is 489. The highest BCUT2D eigenvalue weighted by Crippen LogP contribution is 2.18. The predicted octanol–water partition coefficient (Wildman–Crippen LogP) is 3.52. The van der Waals surface area contributed by atoms with Crippen LogP contribution in [0.2, 0.25) is 0 Å². The molecule has 88 valence electrons. The monoisotopic (exact) mass is 246 g/mol. The number of rotatable bonds is 3. The first kappa shape index (κ1) is 11.8. The molecular formula is C13H14N2OS. The lowest BCUT2D eigenvalue weighted by molar-refractivity contribution is 0.103. The predicted molar refractivity (Wildman–Crippen MR) is 70.6 cm³/mol. The molecule has 0 aliphatic carbocycles. The smallest absolute Gasteiger partial charge is 0.267 e. The van der Waals surface area contributed by atoms with Crippen molar-refractivity contribution in [1.29, 1.82) is 0 Å². The van der Waals surface area contributed by atoms with Gasteiger partial charge in [0.15, 0.2) is 0 Å². The minimum absolute atomic E-state index is 0.107. The summed E-state index contributed by atoms with van der Waals surface area (Å²) in [5.74, 6) is 0.394. The van der Waals surface area contributed by atoms with Crippen molar-refractivity contribution in [2.45, 2.75) is 19.8 Å². The first-order valence-corrected chi connectivity index (χ1v) is 6.34. The van der Waals surface area contributed by atoms with Gasteiger partial charge in [-0.05, 0) is 23.6 Å². The molecule has 3 nitrogen and oxygen atoms in total. The number of hydrogen-bond donors (Lipinski definition) is 1. The molecule has 2 aromatic rings. The van der Waals surface area contributed by atoms with Crippen LogP contribution < -0.4 is 5.32 Å². The lowest BCUT2D eigenvalue weighted by Gasteiger charge is -2.07. The number of hydrogen-bond acceptors (Lipinski definition) is 3. The van der Waals surface area contributed by atoms with Crippen LogP contribution in [0.5, 0.6) is 0 Å². The molecule has 0 atom stereocenters. The van der Waals surface area contributed by atoms with E-state index in [4.69, 9.17) is 0 Å². The number of anilines is 1. The van der Waals surface area contributed by atoms with E-state index in [1.165, 1.54) is 16.9 Å². The van der Waals surface area contributed by atoms with Gasteiger partial charge in [0.2, 0.25) is 0 Å². The summed E-state index contributed by atoms with van der Waals surface area (Å²) in [7, 11) is 0. The van der Waals surface area contributed by atoms with Crippen LogP contribution in [0, 0.1) is 0 Å². The summed E-state index contributed by atoms with van der Waals surface area (Å²) >= 11 is 1.34. The van der Waals surface area contributed by atoms with Crippen molar-refractivity contribution in [3.8, 4) is 0 Å². The Kier molecular flexibility index (Phi) is 3.54. The Morgan fingerprint density at radius 3 is 2.53 bits per heavy atom. The van der Waals surface area contributed by atoms with Gasteiger partial charge in [-0.15, -0.1) is 11.3 Å². The maximum absolute atomic E-state index is 11.8. The lowest BCUT2D eigenvalue weighted by Crippen LogP contribution is -2.10. The first-order valence-electron chi connectivity index (χ1n) is 5.46. The SMILES string of the molecule is CC(C)c1ccc(NC(=O)c2cncs2)cc1. The van der Waals surface area contributed by atoms with Crippen LogP contribution in [-0.4, -0.2) is 10.9 Å². The molecule has 1 N–H and O–H groups in total. The summed E-state index contributed by atoms with van der Waals surface area (Å²) in [6.07, 6.45) is 1.57. The van der Waals surface area contributed by atoms with Gasteiger partial charge in [-0.2, -0.15) is 0 Å². The van der Waals surface area contributed by atoms with E-state index in [0.29, 0.717) is 10.8 Å². The van der Waals surface area contributed by atoms with Crippen LogP contribution in [0.1, 0.15) is 35.0 Å². The fourth-order valence-electron chi connectivity index (χ4n) is 1.47. The van der Waals surface area contributed by atoms with Gasteiger partial charge in [0.25, 0.3) is 5.91 Å². The van der Waals surface area contributed by atoms with Crippen molar-refractivity contribution in [2.75, 3.05) is 5.32 Å². The van der Waals surface area contributed by atoms with Gasteiger partial charge in [0, 0.05) is 5.69 Å². The molecule has 0 saturated heterocycles. The molecule has 0 spiro atoms. The molecule has 1 amide bonds. The van der Waals surface area contributed by atoms with Gasteiger partial charge < -0.3 is 5.32 Å². The Morgan fingerprint density at radius 1 is 1.29 bits per heavy atom. The minimum Gasteiger partial charge on any atom is -0.321 e. The average molecular weight is 246 g/mol. The molecule has 1 aromatic heterocycles. The Hall–Kier alpha value is -1.68. The molecule has 1 aromatic carbocycles. The number of nitrogens with one attached hydrogen (secondary N) is 1. The third-order valence-electron chi connectivity index (χ3n) is 2.49. The van der Waals surface area contributed by atoms with Crippen molar-refractivity contribution in [1.82, 2.24) is 4.98 Å². The van der Waals surface area contributed by atoms with E-state index >= 15 is 0 Å². The number of thiazole rings is 1. The Labute approximate surface area is 105 Å². The summed E-state index contributed by atoms with van der Waals surface area (Å²) in [6.45, 7) is 4.29. The van der Waals surface area contributed by atoms with Crippen molar-refractivity contribution in [3.05, 3.63) is 46.4 Å². The normalized spacial score (nSPS) is 10.5. The quantitative estimate of drug-likeness (QED) is 0.900. The van der Waals surface area contributed by atoms with E-state index in [2.05, 4.69) is 24.1 Å². The molecule has 0 aliphatic heterocycles. The van der Waals surface area contributed by atoms with Gasteiger partial charge in [0.05, 0.1) is 11.7 Å². The van der Waals surface area contributed by atoms with E-state index < -0.39 is 0 Å². The largest absolute Gasteiger partial charge is 0.321 e. The average Bonchev–Trinajstić information content (AvgIpc) is 2.83. The van der Waals surface area contributed by atoms with Gasteiger partial charge >= 0.3 is 0 Å². The molecule has 0 radical (unpaired) electrons. The van der Waals surface area contributed by atoms with Crippen LogP contribution in [0.15, 0.2) is 36.0 Å². The lowest BCUT2D eigenvalue weighted by atomic mass is 10.0. The molecule has 17 heavy (non-hydrogen) atoms. The van der Waals surface area contributed by atoms with Crippen LogP contribution in [-0.2, 0) is 0 Å². The summed E-state index contributed by atoms with van der Waals surface area (Å²) in [6, 6.07) is 7.92. The molecule has 0 aliphatic rings. The molecule has 0 bridgehead atoms. The standard InChI is InChI=1S/C13H14N2OS/c1-9(2)10-3-5-11(6-4-10)15-13(16)12-7-14-8-17-12/h3-9H,1-2H3,(H,15,16). The number of benzene rings is 1. The third kappa shape index (κ3) is 2.91. The van der Waals surface area contributed by atoms with E-state index in [1.54, 1.807) is 11.7 Å². The van der Waals surface area contributed by atoms with Gasteiger partial charge in [-0.25, -0.2) is 0 Å². The summed E-state index contributed by atoms with van der Waals surface area (Å²) in [5, 5.41) is 2.84. The van der Waals surface area contributed by atoms with Crippen LogP contribution in [0.3, 0.4) is 0 Å². The second-order valence-electron chi connectivity index (χ2n) is 4.10. The second kappa shape index (κ2) is 5.10. The maximum Gasteiger partial charge on any atom is 0.267 e. The van der Waals surface area contributed by atoms with Crippen LogP contribution >= 0.6 is 11.3 Å². The van der Waals surface area contributed by atoms with E-state index in [1.807, 2.05) is 24.3 Å². The zero-order chi connectivity index (χ0) is 12.3. The second-order valence-corrected chi connectivity index (χ2v) is 4.98. The zero-order valence-corrected chi connectivity index (χ0v) is 10.6. The van der Waals surface area contributed by atoms with E-state index in [0.717, 1.165) is 5.69 Å².